The number of benzene rings is 1. The Morgan fingerprint density at radius 2 is 2.07 bits per heavy atom. The Hall–Kier alpha value is -0.580. The van der Waals surface area contributed by atoms with Gasteiger partial charge in [0.2, 0.25) is 0 Å². The first-order chi connectivity index (χ1) is 7.04. The number of halogens is 1. The second kappa shape index (κ2) is 5.49. The van der Waals surface area contributed by atoms with E-state index in [4.69, 9.17) is 4.74 Å². The molecular weight excluding hydrogens is 260 g/mol. The highest BCUT2D eigenvalue weighted by Crippen LogP contribution is 2.24. The Kier molecular flexibility index (Phi) is 4.57. The van der Waals surface area contributed by atoms with Crippen molar-refractivity contribution in [3.63, 3.8) is 0 Å². The van der Waals surface area contributed by atoms with E-state index in [0.29, 0.717) is 6.42 Å². The molecule has 0 amide bonds. The highest BCUT2D eigenvalue weighted by molar-refractivity contribution is 9.10. The number of ether oxygens (including phenoxy) is 1. The summed E-state index contributed by atoms with van der Waals surface area (Å²) in [5, 5.41) is 18.8. The number of methoxy groups -OCH3 is 1. The van der Waals surface area contributed by atoms with E-state index < -0.39 is 12.2 Å². The first-order valence-corrected chi connectivity index (χ1v) is 5.52. The number of aliphatic hydroxyl groups excluding tert-OH is 2. The molecule has 0 aromatic heterocycles. The number of aliphatic hydroxyl groups is 2. The van der Waals surface area contributed by atoms with Crippen molar-refractivity contribution < 1.29 is 14.9 Å². The summed E-state index contributed by atoms with van der Waals surface area (Å²) in [6.45, 7) is 1.57. The lowest BCUT2D eigenvalue weighted by Gasteiger charge is -2.15. The van der Waals surface area contributed by atoms with Crippen LogP contribution in [0.1, 0.15) is 12.5 Å². The molecule has 0 radical (unpaired) electrons. The summed E-state index contributed by atoms with van der Waals surface area (Å²) < 4.78 is 5.99. The first kappa shape index (κ1) is 12.5. The highest BCUT2D eigenvalue weighted by atomic mass is 79.9. The molecule has 1 aromatic rings. The summed E-state index contributed by atoms with van der Waals surface area (Å²) in [6.07, 6.45) is -1.09. The van der Waals surface area contributed by atoms with Gasteiger partial charge in [-0.25, -0.2) is 0 Å². The van der Waals surface area contributed by atoms with E-state index in [9.17, 15) is 10.2 Å². The van der Waals surface area contributed by atoms with Crippen molar-refractivity contribution in [3.05, 3.63) is 28.2 Å². The van der Waals surface area contributed by atoms with E-state index in [1.165, 1.54) is 0 Å². The molecule has 0 spiro atoms. The highest BCUT2D eigenvalue weighted by Gasteiger charge is 2.13. The molecule has 0 aliphatic rings. The molecule has 84 valence electrons. The maximum absolute atomic E-state index is 9.56. The van der Waals surface area contributed by atoms with Gasteiger partial charge in [0.25, 0.3) is 0 Å². The van der Waals surface area contributed by atoms with E-state index in [2.05, 4.69) is 15.9 Å². The minimum Gasteiger partial charge on any atom is -0.497 e. The van der Waals surface area contributed by atoms with Crippen LogP contribution in [0, 0.1) is 0 Å². The molecular formula is C11H15BrO3. The molecule has 0 bridgehead atoms. The van der Waals surface area contributed by atoms with Gasteiger partial charge in [-0.15, -0.1) is 0 Å². The molecule has 15 heavy (non-hydrogen) atoms. The fourth-order valence-corrected chi connectivity index (χ4v) is 1.64. The summed E-state index contributed by atoms with van der Waals surface area (Å²) in [5.74, 6) is 0.742. The average Bonchev–Trinajstić information content (AvgIpc) is 2.21. The van der Waals surface area contributed by atoms with E-state index in [1.54, 1.807) is 14.0 Å². The van der Waals surface area contributed by atoms with Gasteiger partial charge in [0.1, 0.15) is 5.75 Å². The zero-order chi connectivity index (χ0) is 11.4. The Morgan fingerprint density at radius 1 is 1.40 bits per heavy atom. The van der Waals surface area contributed by atoms with Crippen molar-refractivity contribution in [2.24, 2.45) is 0 Å². The zero-order valence-corrected chi connectivity index (χ0v) is 10.4. The summed E-state index contributed by atoms with van der Waals surface area (Å²) in [4.78, 5) is 0. The lowest BCUT2D eigenvalue weighted by atomic mass is 10.0. The van der Waals surface area contributed by atoms with Crippen LogP contribution >= 0.6 is 15.9 Å². The fourth-order valence-electron chi connectivity index (χ4n) is 1.23. The molecule has 2 N–H and O–H groups in total. The van der Waals surface area contributed by atoms with Gasteiger partial charge >= 0.3 is 0 Å². The van der Waals surface area contributed by atoms with Crippen LogP contribution in [-0.4, -0.2) is 29.5 Å². The summed E-state index contributed by atoms with van der Waals surface area (Å²) in [6, 6.07) is 5.54. The number of hydrogen-bond donors (Lipinski definition) is 2. The van der Waals surface area contributed by atoms with Crippen LogP contribution in [0.5, 0.6) is 5.75 Å². The number of hydrogen-bond acceptors (Lipinski definition) is 3. The Balaban J connectivity index is 2.83. The topological polar surface area (TPSA) is 49.7 Å². The third-order valence-corrected chi connectivity index (χ3v) is 3.01. The van der Waals surface area contributed by atoms with Crippen LogP contribution < -0.4 is 4.74 Å². The SMILES string of the molecule is COc1ccc(Br)c(CC(O)C(C)O)c1. The molecule has 0 aliphatic heterocycles. The molecule has 1 rings (SSSR count). The van der Waals surface area contributed by atoms with Crippen LogP contribution in [0.2, 0.25) is 0 Å². The zero-order valence-electron chi connectivity index (χ0n) is 8.77. The summed E-state index contributed by atoms with van der Waals surface area (Å²) in [5.41, 5.74) is 0.919. The fraction of sp³-hybridized carbons (Fsp3) is 0.455. The van der Waals surface area contributed by atoms with Gasteiger partial charge in [0.15, 0.2) is 0 Å². The van der Waals surface area contributed by atoms with Gasteiger partial charge in [-0.2, -0.15) is 0 Å². The first-order valence-electron chi connectivity index (χ1n) is 4.73. The Labute approximate surface area is 97.8 Å². The minimum absolute atomic E-state index is 0.398. The predicted octanol–water partition coefficient (Wildman–Crippen LogP) is 1.74. The maximum atomic E-state index is 9.56. The second-order valence-corrected chi connectivity index (χ2v) is 4.32. The van der Waals surface area contributed by atoms with Crippen molar-refractivity contribution >= 4 is 15.9 Å². The van der Waals surface area contributed by atoms with Gasteiger partial charge in [-0.1, -0.05) is 15.9 Å². The van der Waals surface area contributed by atoms with Crippen LogP contribution in [-0.2, 0) is 6.42 Å². The van der Waals surface area contributed by atoms with Gasteiger partial charge in [0, 0.05) is 10.9 Å². The van der Waals surface area contributed by atoms with Crippen LogP contribution in [0.3, 0.4) is 0 Å². The molecule has 1 aromatic carbocycles. The van der Waals surface area contributed by atoms with Crippen molar-refractivity contribution in [2.75, 3.05) is 7.11 Å². The predicted molar refractivity (Wildman–Crippen MR) is 62.1 cm³/mol. The molecule has 4 heteroatoms. The smallest absolute Gasteiger partial charge is 0.119 e. The lowest BCUT2D eigenvalue weighted by Crippen LogP contribution is -2.24. The average molecular weight is 275 g/mol. The molecule has 0 saturated carbocycles. The van der Waals surface area contributed by atoms with Crippen molar-refractivity contribution in [1.29, 1.82) is 0 Å². The Morgan fingerprint density at radius 3 is 2.60 bits per heavy atom. The minimum atomic E-state index is -0.756. The van der Waals surface area contributed by atoms with Crippen LogP contribution in [0.25, 0.3) is 0 Å². The normalized spacial score (nSPS) is 14.7. The van der Waals surface area contributed by atoms with Gasteiger partial charge in [-0.3, -0.25) is 0 Å². The molecule has 2 atom stereocenters. The van der Waals surface area contributed by atoms with Gasteiger partial charge < -0.3 is 14.9 Å². The monoisotopic (exact) mass is 274 g/mol. The van der Waals surface area contributed by atoms with Gasteiger partial charge in [0.05, 0.1) is 19.3 Å². The summed E-state index contributed by atoms with van der Waals surface area (Å²) >= 11 is 3.39. The quantitative estimate of drug-likeness (QED) is 0.880. The van der Waals surface area contributed by atoms with Crippen LogP contribution in [0.4, 0.5) is 0 Å². The molecule has 0 fully saturated rings. The van der Waals surface area contributed by atoms with Crippen LogP contribution in [0.15, 0.2) is 22.7 Å². The summed E-state index contributed by atoms with van der Waals surface area (Å²) in [7, 11) is 1.60. The molecule has 0 aliphatic carbocycles. The Bertz CT molecular complexity index is 326. The molecule has 3 nitrogen and oxygen atoms in total. The van der Waals surface area contributed by atoms with E-state index in [1.807, 2.05) is 18.2 Å². The third-order valence-electron chi connectivity index (χ3n) is 2.24. The van der Waals surface area contributed by atoms with E-state index in [-0.39, 0.29) is 0 Å². The molecule has 0 saturated heterocycles. The van der Waals surface area contributed by atoms with Crippen molar-refractivity contribution in [2.45, 2.75) is 25.6 Å². The van der Waals surface area contributed by atoms with Crippen molar-refractivity contribution in [3.8, 4) is 5.75 Å². The second-order valence-electron chi connectivity index (χ2n) is 3.47. The lowest BCUT2D eigenvalue weighted by molar-refractivity contribution is 0.0318. The van der Waals surface area contributed by atoms with E-state index in [0.717, 1.165) is 15.8 Å². The van der Waals surface area contributed by atoms with Crippen molar-refractivity contribution in [1.82, 2.24) is 0 Å². The van der Waals surface area contributed by atoms with Gasteiger partial charge in [-0.05, 0) is 30.7 Å². The standard InChI is InChI=1S/C11H15BrO3/c1-7(13)11(14)6-8-5-9(15-2)3-4-10(8)12/h3-5,7,11,13-14H,6H2,1-2H3. The largest absolute Gasteiger partial charge is 0.497 e. The van der Waals surface area contributed by atoms with E-state index >= 15 is 0 Å². The maximum Gasteiger partial charge on any atom is 0.119 e. The molecule has 0 heterocycles. The number of rotatable bonds is 4. The third kappa shape index (κ3) is 3.48. The molecule has 2 unspecified atom stereocenters.